The smallest absolute Gasteiger partial charge is 0.273 e. The quantitative estimate of drug-likeness (QED) is 0.863. The average Bonchev–Trinajstić information content (AvgIpc) is 3.10. The molecule has 2 aromatic rings. The minimum Gasteiger partial charge on any atom is -0.336 e. The Kier molecular flexibility index (Phi) is 5.03. The van der Waals surface area contributed by atoms with E-state index in [9.17, 15) is 9.18 Å². The topological polar surface area (TPSA) is 36.4 Å². The number of nitrogens with zero attached hydrogens (tertiary/aromatic N) is 3. The number of rotatable bonds is 4. The Morgan fingerprint density at radius 1 is 1.48 bits per heavy atom. The number of likely N-dealkylation sites (tertiary alicyclic amines) is 1. The van der Waals surface area contributed by atoms with E-state index in [2.05, 4.69) is 9.88 Å². The highest BCUT2D eigenvalue weighted by molar-refractivity contribution is 7.07. The first-order chi connectivity index (χ1) is 11.1. The highest BCUT2D eigenvalue weighted by Gasteiger charge is 2.27. The van der Waals surface area contributed by atoms with Crippen LogP contribution in [0.5, 0.6) is 0 Å². The van der Waals surface area contributed by atoms with Gasteiger partial charge in [0.2, 0.25) is 0 Å². The lowest BCUT2D eigenvalue weighted by atomic mass is 10.0. The second-order valence-corrected chi connectivity index (χ2v) is 6.63. The summed E-state index contributed by atoms with van der Waals surface area (Å²) in [6, 6.07) is 7.03. The number of piperidine rings is 1. The molecule has 1 aliphatic rings. The maximum absolute atomic E-state index is 13.8. The van der Waals surface area contributed by atoms with E-state index >= 15 is 0 Å². The summed E-state index contributed by atoms with van der Waals surface area (Å²) in [6.45, 7) is 2.28. The summed E-state index contributed by atoms with van der Waals surface area (Å²) in [5.74, 6) is -0.203. The van der Waals surface area contributed by atoms with Crippen LogP contribution in [0.25, 0.3) is 0 Å². The predicted molar refractivity (Wildman–Crippen MR) is 88.9 cm³/mol. The number of thiazole rings is 1. The van der Waals surface area contributed by atoms with E-state index < -0.39 is 0 Å². The molecule has 0 bridgehead atoms. The number of hydrogen-bond donors (Lipinski definition) is 0. The van der Waals surface area contributed by atoms with Crippen molar-refractivity contribution in [3.05, 3.63) is 52.2 Å². The first-order valence-electron chi connectivity index (χ1n) is 7.76. The SMILES string of the molecule is CN(C(=O)c1cscn1)[C@@H]1CCCN(Cc2ccccc2F)C1. The van der Waals surface area contributed by atoms with Crippen LogP contribution < -0.4 is 0 Å². The number of carbonyl (C=O) groups excluding carboxylic acids is 1. The molecular weight excluding hydrogens is 313 g/mol. The van der Waals surface area contributed by atoms with E-state index in [1.165, 1.54) is 17.4 Å². The molecule has 1 atom stereocenters. The number of likely N-dealkylation sites (N-methyl/N-ethyl adjacent to an activating group) is 1. The maximum Gasteiger partial charge on any atom is 0.273 e. The maximum atomic E-state index is 13.8. The van der Waals surface area contributed by atoms with Crippen LogP contribution in [-0.2, 0) is 6.54 Å². The molecule has 0 unspecified atom stereocenters. The summed E-state index contributed by atoms with van der Waals surface area (Å²) in [4.78, 5) is 20.5. The molecule has 0 radical (unpaired) electrons. The van der Waals surface area contributed by atoms with Crippen LogP contribution in [0.2, 0.25) is 0 Å². The van der Waals surface area contributed by atoms with Crippen molar-refractivity contribution >= 4 is 17.2 Å². The van der Waals surface area contributed by atoms with Gasteiger partial charge in [-0.25, -0.2) is 9.37 Å². The van der Waals surface area contributed by atoms with Gasteiger partial charge in [-0.05, 0) is 25.5 Å². The van der Waals surface area contributed by atoms with Crippen LogP contribution in [-0.4, -0.2) is 46.9 Å². The van der Waals surface area contributed by atoms with Crippen molar-refractivity contribution in [2.75, 3.05) is 20.1 Å². The average molecular weight is 333 g/mol. The summed E-state index contributed by atoms with van der Waals surface area (Å²) in [5, 5.41) is 1.78. The van der Waals surface area contributed by atoms with E-state index in [1.807, 2.05) is 19.2 Å². The number of benzene rings is 1. The summed E-state index contributed by atoms with van der Waals surface area (Å²) in [6.07, 6.45) is 1.98. The van der Waals surface area contributed by atoms with Gasteiger partial charge < -0.3 is 4.90 Å². The third kappa shape index (κ3) is 3.76. The second-order valence-electron chi connectivity index (χ2n) is 5.91. The Morgan fingerprint density at radius 3 is 3.04 bits per heavy atom. The van der Waals surface area contributed by atoms with Crippen LogP contribution in [0.1, 0.15) is 28.9 Å². The zero-order chi connectivity index (χ0) is 16.2. The van der Waals surface area contributed by atoms with E-state index in [1.54, 1.807) is 21.9 Å². The van der Waals surface area contributed by atoms with Crippen molar-refractivity contribution in [2.24, 2.45) is 0 Å². The molecule has 1 aliphatic heterocycles. The van der Waals surface area contributed by atoms with Gasteiger partial charge in [-0.2, -0.15) is 0 Å². The van der Waals surface area contributed by atoms with Crippen molar-refractivity contribution in [3.63, 3.8) is 0 Å². The van der Waals surface area contributed by atoms with Gasteiger partial charge in [0.05, 0.1) is 5.51 Å². The predicted octanol–water partition coefficient (Wildman–Crippen LogP) is 3.02. The van der Waals surface area contributed by atoms with E-state index in [4.69, 9.17) is 0 Å². The lowest BCUT2D eigenvalue weighted by Crippen LogP contribution is -2.48. The van der Waals surface area contributed by atoms with Gasteiger partial charge in [-0.15, -0.1) is 11.3 Å². The van der Waals surface area contributed by atoms with Crippen LogP contribution in [0.15, 0.2) is 35.2 Å². The first kappa shape index (κ1) is 16.1. The number of carbonyl (C=O) groups is 1. The number of hydrogen-bond acceptors (Lipinski definition) is 4. The van der Waals surface area contributed by atoms with Gasteiger partial charge in [0.1, 0.15) is 11.5 Å². The van der Waals surface area contributed by atoms with Crippen LogP contribution in [0, 0.1) is 5.82 Å². The highest BCUT2D eigenvalue weighted by atomic mass is 32.1. The fourth-order valence-electron chi connectivity index (χ4n) is 3.02. The van der Waals surface area contributed by atoms with Crippen LogP contribution >= 0.6 is 11.3 Å². The summed E-state index contributed by atoms with van der Waals surface area (Å²) in [7, 11) is 1.83. The van der Waals surface area contributed by atoms with E-state index in [-0.39, 0.29) is 17.8 Å². The molecule has 23 heavy (non-hydrogen) atoms. The number of amides is 1. The lowest BCUT2D eigenvalue weighted by molar-refractivity contribution is 0.0603. The molecule has 6 heteroatoms. The fourth-order valence-corrected chi connectivity index (χ4v) is 3.55. The van der Waals surface area contributed by atoms with Crippen molar-refractivity contribution in [3.8, 4) is 0 Å². The summed E-state index contributed by atoms with van der Waals surface area (Å²) >= 11 is 1.43. The third-order valence-electron chi connectivity index (χ3n) is 4.35. The largest absolute Gasteiger partial charge is 0.336 e. The molecule has 1 amide bonds. The molecule has 4 nitrogen and oxygen atoms in total. The molecule has 3 rings (SSSR count). The third-order valence-corrected chi connectivity index (χ3v) is 4.94. The van der Waals surface area contributed by atoms with Crippen LogP contribution in [0.4, 0.5) is 4.39 Å². The zero-order valence-electron chi connectivity index (χ0n) is 13.1. The molecule has 0 spiro atoms. The van der Waals surface area contributed by atoms with Crippen molar-refractivity contribution in [2.45, 2.75) is 25.4 Å². The van der Waals surface area contributed by atoms with Crippen molar-refractivity contribution in [1.29, 1.82) is 0 Å². The van der Waals surface area contributed by atoms with Gasteiger partial charge in [0, 0.05) is 37.1 Å². The molecule has 0 aliphatic carbocycles. The van der Waals surface area contributed by atoms with Crippen molar-refractivity contribution < 1.29 is 9.18 Å². The molecular formula is C17H20FN3OS. The van der Waals surface area contributed by atoms with Gasteiger partial charge in [0.15, 0.2) is 0 Å². The molecule has 1 fully saturated rings. The highest BCUT2D eigenvalue weighted by Crippen LogP contribution is 2.20. The van der Waals surface area contributed by atoms with Gasteiger partial charge >= 0.3 is 0 Å². The van der Waals surface area contributed by atoms with Crippen LogP contribution in [0.3, 0.4) is 0 Å². The normalized spacial score (nSPS) is 18.8. The van der Waals surface area contributed by atoms with E-state index in [0.29, 0.717) is 17.8 Å². The standard InChI is InChI=1S/C17H20FN3OS/c1-20(17(22)16-11-23-12-19-16)14-6-4-8-21(10-14)9-13-5-2-3-7-15(13)18/h2-3,5,7,11-12,14H,4,6,8-10H2,1H3/t14-/m1/s1. The minimum atomic E-state index is -0.165. The number of aromatic nitrogens is 1. The molecule has 1 aromatic carbocycles. The Hall–Kier alpha value is -1.79. The Bertz CT molecular complexity index is 662. The van der Waals surface area contributed by atoms with Crippen molar-refractivity contribution in [1.82, 2.24) is 14.8 Å². The summed E-state index contributed by atoms with van der Waals surface area (Å²) < 4.78 is 13.8. The molecule has 122 valence electrons. The van der Waals surface area contributed by atoms with Gasteiger partial charge in [-0.1, -0.05) is 18.2 Å². The molecule has 1 aromatic heterocycles. The first-order valence-corrected chi connectivity index (χ1v) is 8.70. The van der Waals surface area contributed by atoms with Gasteiger partial charge in [0.25, 0.3) is 5.91 Å². The minimum absolute atomic E-state index is 0.0380. The zero-order valence-corrected chi connectivity index (χ0v) is 13.9. The Labute approximate surface area is 139 Å². The fraction of sp³-hybridized carbons (Fsp3) is 0.412. The lowest BCUT2D eigenvalue weighted by Gasteiger charge is -2.37. The van der Waals surface area contributed by atoms with Gasteiger partial charge in [-0.3, -0.25) is 9.69 Å². The monoisotopic (exact) mass is 333 g/mol. The summed E-state index contributed by atoms with van der Waals surface area (Å²) in [5.41, 5.74) is 2.89. The Balaban J connectivity index is 1.64. The molecule has 1 saturated heterocycles. The van der Waals surface area contributed by atoms with E-state index in [0.717, 1.165) is 25.9 Å². The second kappa shape index (κ2) is 7.19. The molecule has 0 saturated carbocycles. The number of halogens is 1. The molecule has 0 N–H and O–H groups in total. The molecule has 2 heterocycles. The Morgan fingerprint density at radius 2 is 2.30 bits per heavy atom.